The molecule has 3 heteroatoms. The van der Waals surface area contributed by atoms with Crippen molar-refractivity contribution in [3.05, 3.63) is 30.1 Å². The first kappa shape index (κ1) is 13.1. The average molecular weight is 246 g/mol. The summed E-state index contributed by atoms with van der Waals surface area (Å²) < 4.78 is 0. The molecule has 1 aromatic heterocycles. The van der Waals surface area contributed by atoms with Crippen molar-refractivity contribution in [1.82, 2.24) is 10.3 Å². The number of nitrogens with one attached hydrogen (secondary N) is 1. The molecule has 0 radical (unpaired) electrons. The summed E-state index contributed by atoms with van der Waals surface area (Å²) in [7, 11) is 0. The number of pyridine rings is 1. The number of rotatable bonds is 6. The smallest absolute Gasteiger partial charge is 0.220 e. The lowest BCUT2D eigenvalue weighted by Crippen LogP contribution is -2.25. The van der Waals surface area contributed by atoms with Gasteiger partial charge in [0.05, 0.1) is 0 Å². The van der Waals surface area contributed by atoms with Gasteiger partial charge in [-0.15, -0.1) is 0 Å². The molecule has 1 N–H and O–H groups in total. The molecule has 1 amide bonds. The van der Waals surface area contributed by atoms with Crippen LogP contribution in [0.4, 0.5) is 0 Å². The molecule has 1 heterocycles. The number of hydrogen-bond acceptors (Lipinski definition) is 2. The van der Waals surface area contributed by atoms with E-state index in [0.29, 0.717) is 6.42 Å². The third-order valence-electron chi connectivity index (χ3n) is 3.71. The van der Waals surface area contributed by atoms with Crippen LogP contribution in [-0.2, 0) is 11.2 Å². The highest BCUT2D eigenvalue weighted by Crippen LogP contribution is 2.28. The monoisotopic (exact) mass is 246 g/mol. The second-order valence-corrected chi connectivity index (χ2v) is 5.15. The summed E-state index contributed by atoms with van der Waals surface area (Å²) in [5, 5.41) is 2.99. The van der Waals surface area contributed by atoms with E-state index in [0.717, 1.165) is 25.3 Å². The van der Waals surface area contributed by atoms with Gasteiger partial charge in [-0.25, -0.2) is 0 Å². The van der Waals surface area contributed by atoms with Gasteiger partial charge in [-0.05, 0) is 30.4 Å². The molecule has 0 unspecified atom stereocenters. The average Bonchev–Trinajstić information content (AvgIpc) is 2.91. The summed E-state index contributed by atoms with van der Waals surface area (Å²) in [5.41, 5.74) is 1.17. The zero-order chi connectivity index (χ0) is 12.6. The second-order valence-electron chi connectivity index (χ2n) is 5.15. The topological polar surface area (TPSA) is 42.0 Å². The second kappa shape index (κ2) is 7.14. The Morgan fingerprint density at radius 2 is 2.22 bits per heavy atom. The molecule has 1 saturated carbocycles. The van der Waals surface area contributed by atoms with Gasteiger partial charge < -0.3 is 5.32 Å². The van der Waals surface area contributed by atoms with Gasteiger partial charge in [-0.3, -0.25) is 9.78 Å². The lowest BCUT2D eigenvalue weighted by molar-refractivity contribution is -0.121. The molecule has 0 aromatic carbocycles. The van der Waals surface area contributed by atoms with Gasteiger partial charge >= 0.3 is 0 Å². The predicted molar refractivity (Wildman–Crippen MR) is 72.1 cm³/mol. The molecule has 1 aliphatic carbocycles. The van der Waals surface area contributed by atoms with Crippen LogP contribution in [0.3, 0.4) is 0 Å². The van der Waals surface area contributed by atoms with Crippen LogP contribution in [0.5, 0.6) is 0 Å². The Hall–Kier alpha value is -1.38. The molecule has 1 fully saturated rings. The minimum atomic E-state index is 0.200. The van der Waals surface area contributed by atoms with Gasteiger partial charge in [0, 0.05) is 25.4 Å². The van der Waals surface area contributed by atoms with E-state index in [-0.39, 0.29) is 5.91 Å². The van der Waals surface area contributed by atoms with Crippen LogP contribution >= 0.6 is 0 Å². The van der Waals surface area contributed by atoms with Crippen LogP contribution in [0.1, 0.15) is 44.1 Å². The van der Waals surface area contributed by atoms with Crippen LogP contribution in [-0.4, -0.2) is 17.4 Å². The normalized spacial score (nSPS) is 15.8. The zero-order valence-corrected chi connectivity index (χ0v) is 10.9. The van der Waals surface area contributed by atoms with E-state index >= 15 is 0 Å². The lowest BCUT2D eigenvalue weighted by Gasteiger charge is -2.09. The highest BCUT2D eigenvalue weighted by atomic mass is 16.1. The summed E-state index contributed by atoms with van der Waals surface area (Å²) in [4.78, 5) is 15.7. The zero-order valence-electron chi connectivity index (χ0n) is 10.9. The van der Waals surface area contributed by atoms with E-state index in [1.165, 1.54) is 31.2 Å². The SMILES string of the molecule is O=C(CCC1CCCC1)NCCc1cccnc1. The van der Waals surface area contributed by atoms with E-state index < -0.39 is 0 Å². The Bertz CT molecular complexity index is 358. The molecule has 1 aliphatic rings. The highest BCUT2D eigenvalue weighted by Gasteiger charge is 2.15. The predicted octanol–water partition coefficient (Wildman–Crippen LogP) is 2.71. The largest absolute Gasteiger partial charge is 0.356 e. The molecule has 0 bridgehead atoms. The van der Waals surface area contributed by atoms with Crippen molar-refractivity contribution >= 4 is 5.91 Å². The molecular weight excluding hydrogens is 224 g/mol. The van der Waals surface area contributed by atoms with Crippen LogP contribution < -0.4 is 5.32 Å². The van der Waals surface area contributed by atoms with Gasteiger partial charge in [0.15, 0.2) is 0 Å². The molecule has 0 aliphatic heterocycles. The molecule has 0 saturated heterocycles. The fraction of sp³-hybridized carbons (Fsp3) is 0.600. The fourth-order valence-electron chi connectivity index (χ4n) is 2.61. The van der Waals surface area contributed by atoms with Gasteiger partial charge in [0.1, 0.15) is 0 Å². The van der Waals surface area contributed by atoms with Crippen molar-refractivity contribution in [2.24, 2.45) is 5.92 Å². The van der Waals surface area contributed by atoms with E-state index in [9.17, 15) is 4.79 Å². The van der Waals surface area contributed by atoms with E-state index in [1.807, 2.05) is 18.3 Å². The minimum absolute atomic E-state index is 0.200. The quantitative estimate of drug-likeness (QED) is 0.838. The summed E-state index contributed by atoms with van der Waals surface area (Å²) in [6.07, 6.45) is 11.6. The number of nitrogens with zero attached hydrogens (tertiary/aromatic N) is 1. The number of amides is 1. The molecule has 3 nitrogen and oxygen atoms in total. The molecule has 98 valence electrons. The maximum absolute atomic E-state index is 11.7. The molecule has 0 spiro atoms. The Balaban J connectivity index is 1.57. The Labute approximate surface area is 109 Å². The van der Waals surface area contributed by atoms with Crippen LogP contribution in [0.25, 0.3) is 0 Å². The summed E-state index contributed by atoms with van der Waals surface area (Å²) in [6, 6.07) is 3.97. The van der Waals surface area contributed by atoms with Crippen molar-refractivity contribution in [3.8, 4) is 0 Å². The molecule has 0 atom stereocenters. The minimum Gasteiger partial charge on any atom is -0.356 e. The number of carbonyl (C=O) groups is 1. The Morgan fingerprint density at radius 3 is 2.94 bits per heavy atom. The summed E-state index contributed by atoms with van der Waals surface area (Å²) in [5.74, 6) is 1.000. The molecular formula is C15H22N2O. The Morgan fingerprint density at radius 1 is 1.39 bits per heavy atom. The first-order valence-electron chi connectivity index (χ1n) is 7.00. The highest BCUT2D eigenvalue weighted by molar-refractivity contribution is 5.75. The first-order chi connectivity index (χ1) is 8.84. The molecule has 18 heavy (non-hydrogen) atoms. The number of carbonyl (C=O) groups excluding carboxylic acids is 1. The standard InChI is InChI=1S/C15H22N2O/c18-15(8-7-13-4-1-2-5-13)17-11-9-14-6-3-10-16-12-14/h3,6,10,12-13H,1-2,4-5,7-9,11H2,(H,17,18). The number of hydrogen-bond donors (Lipinski definition) is 1. The van der Waals surface area contributed by atoms with E-state index in [1.54, 1.807) is 6.20 Å². The summed E-state index contributed by atoms with van der Waals surface area (Å²) in [6.45, 7) is 0.717. The van der Waals surface area contributed by atoms with Crippen molar-refractivity contribution in [3.63, 3.8) is 0 Å². The third-order valence-corrected chi connectivity index (χ3v) is 3.71. The summed E-state index contributed by atoms with van der Waals surface area (Å²) >= 11 is 0. The van der Waals surface area contributed by atoms with Gasteiger partial charge in [-0.2, -0.15) is 0 Å². The maximum Gasteiger partial charge on any atom is 0.220 e. The maximum atomic E-state index is 11.7. The van der Waals surface area contributed by atoms with Gasteiger partial charge in [0.25, 0.3) is 0 Å². The van der Waals surface area contributed by atoms with Crippen molar-refractivity contribution in [2.75, 3.05) is 6.54 Å². The van der Waals surface area contributed by atoms with Gasteiger partial charge in [-0.1, -0.05) is 31.7 Å². The van der Waals surface area contributed by atoms with Crippen LogP contribution in [0.15, 0.2) is 24.5 Å². The number of aromatic nitrogens is 1. The molecule has 1 aromatic rings. The Kier molecular flexibility index (Phi) is 5.18. The van der Waals surface area contributed by atoms with Crippen molar-refractivity contribution in [1.29, 1.82) is 0 Å². The first-order valence-corrected chi connectivity index (χ1v) is 7.00. The lowest BCUT2D eigenvalue weighted by atomic mass is 10.0. The van der Waals surface area contributed by atoms with E-state index in [4.69, 9.17) is 0 Å². The van der Waals surface area contributed by atoms with Crippen molar-refractivity contribution < 1.29 is 4.79 Å². The van der Waals surface area contributed by atoms with Gasteiger partial charge in [0.2, 0.25) is 5.91 Å². The fourth-order valence-corrected chi connectivity index (χ4v) is 2.61. The van der Waals surface area contributed by atoms with E-state index in [2.05, 4.69) is 10.3 Å². The van der Waals surface area contributed by atoms with Crippen LogP contribution in [0, 0.1) is 5.92 Å². The molecule has 2 rings (SSSR count). The van der Waals surface area contributed by atoms with Crippen LogP contribution in [0.2, 0.25) is 0 Å². The third kappa shape index (κ3) is 4.47. The van der Waals surface area contributed by atoms with Crippen molar-refractivity contribution in [2.45, 2.75) is 44.9 Å².